The van der Waals surface area contributed by atoms with E-state index in [4.69, 9.17) is 5.11 Å². The van der Waals surface area contributed by atoms with Crippen LogP contribution in [0.1, 0.15) is 42.9 Å². The SMILES string of the molecule is CSc1ccc(C(CC(=O)O)NC(=O)CC(C)c2ccc(F)cc2)cc1. The maximum Gasteiger partial charge on any atom is 0.305 e. The monoisotopic (exact) mass is 375 g/mol. The van der Waals surface area contributed by atoms with E-state index in [9.17, 15) is 14.0 Å². The lowest BCUT2D eigenvalue weighted by Crippen LogP contribution is -2.30. The van der Waals surface area contributed by atoms with Gasteiger partial charge in [0, 0.05) is 11.3 Å². The highest BCUT2D eigenvalue weighted by atomic mass is 32.2. The topological polar surface area (TPSA) is 66.4 Å². The Labute approximate surface area is 156 Å². The van der Waals surface area contributed by atoms with Crippen LogP contribution in [0.15, 0.2) is 53.4 Å². The van der Waals surface area contributed by atoms with Crippen LogP contribution in [0.3, 0.4) is 0 Å². The van der Waals surface area contributed by atoms with Crippen LogP contribution in [0.4, 0.5) is 4.39 Å². The van der Waals surface area contributed by atoms with Crippen LogP contribution in [-0.4, -0.2) is 23.2 Å². The molecule has 0 aliphatic carbocycles. The Kier molecular flexibility index (Phi) is 7.21. The van der Waals surface area contributed by atoms with Crippen molar-refractivity contribution in [1.82, 2.24) is 5.32 Å². The van der Waals surface area contributed by atoms with Gasteiger partial charge in [-0.3, -0.25) is 9.59 Å². The summed E-state index contributed by atoms with van der Waals surface area (Å²) in [6.07, 6.45) is 1.97. The predicted molar refractivity (Wildman–Crippen MR) is 101 cm³/mol. The fourth-order valence-corrected chi connectivity index (χ4v) is 3.11. The third-order valence-electron chi connectivity index (χ3n) is 4.16. The van der Waals surface area contributed by atoms with E-state index < -0.39 is 12.0 Å². The second kappa shape index (κ2) is 9.38. The lowest BCUT2D eigenvalue weighted by atomic mass is 9.96. The normalized spacial score (nSPS) is 13.0. The molecule has 6 heteroatoms. The van der Waals surface area contributed by atoms with E-state index >= 15 is 0 Å². The maximum atomic E-state index is 13.0. The number of benzene rings is 2. The summed E-state index contributed by atoms with van der Waals surface area (Å²) in [6, 6.07) is 12.9. The minimum atomic E-state index is -0.976. The highest BCUT2D eigenvalue weighted by Crippen LogP contribution is 2.23. The smallest absolute Gasteiger partial charge is 0.305 e. The summed E-state index contributed by atoms with van der Waals surface area (Å²) in [4.78, 5) is 24.6. The predicted octanol–water partition coefficient (Wildman–Crippen LogP) is 4.37. The van der Waals surface area contributed by atoms with E-state index in [2.05, 4.69) is 5.32 Å². The summed E-state index contributed by atoms with van der Waals surface area (Å²) in [6.45, 7) is 1.88. The lowest BCUT2D eigenvalue weighted by Gasteiger charge is -2.19. The molecule has 0 bridgehead atoms. The number of aliphatic carboxylic acids is 1. The van der Waals surface area contributed by atoms with Crippen molar-refractivity contribution in [3.63, 3.8) is 0 Å². The van der Waals surface area contributed by atoms with Crippen molar-refractivity contribution in [3.8, 4) is 0 Å². The third-order valence-corrected chi connectivity index (χ3v) is 4.91. The van der Waals surface area contributed by atoms with E-state index in [1.54, 1.807) is 23.9 Å². The van der Waals surface area contributed by atoms with Gasteiger partial charge in [-0.2, -0.15) is 0 Å². The molecule has 0 saturated carbocycles. The average molecular weight is 375 g/mol. The van der Waals surface area contributed by atoms with Crippen molar-refractivity contribution in [1.29, 1.82) is 0 Å². The minimum Gasteiger partial charge on any atom is -0.481 e. The first-order valence-corrected chi connectivity index (χ1v) is 9.52. The Morgan fingerprint density at radius 3 is 2.15 bits per heavy atom. The maximum absolute atomic E-state index is 13.0. The van der Waals surface area contributed by atoms with E-state index in [-0.39, 0.29) is 30.5 Å². The van der Waals surface area contributed by atoms with Gasteiger partial charge in [0.2, 0.25) is 5.91 Å². The van der Waals surface area contributed by atoms with E-state index in [1.807, 2.05) is 37.4 Å². The molecule has 0 saturated heterocycles. The number of thioether (sulfide) groups is 1. The van der Waals surface area contributed by atoms with Gasteiger partial charge in [0.25, 0.3) is 0 Å². The van der Waals surface area contributed by atoms with E-state index in [0.717, 1.165) is 16.0 Å². The van der Waals surface area contributed by atoms with E-state index in [1.165, 1.54) is 12.1 Å². The van der Waals surface area contributed by atoms with E-state index in [0.29, 0.717) is 0 Å². The molecule has 26 heavy (non-hydrogen) atoms. The summed E-state index contributed by atoms with van der Waals surface area (Å²) < 4.78 is 13.0. The number of hydrogen-bond acceptors (Lipinski definition) is 3. The number of carbonyl (C=O) groups excluding carboxylic acids is 1. The van der Waals surface area contributed by atoms with Crippen molar-refractivity contribution in [2.45, 2.75) is 36.6 Å². The molecule has 2 aromatic rings. The number of hydrogen-bond donors (Lipinski definition) is 2. The molecule has 2 rings (SSSR count). The number of nitrogens with one attached hydrogen (secondary N) is 1. The number of halogens is 1. The number of carbonyl (C=O) groups is 2. The zero-order valence-electron chi connectivity index (χ0n) is 14.7. The molecule has 1 amide bonds. The van der Waals surface area contributed by atoms with Crippen molar-refractivity contribution in [3.05, 3.63) is 65.5 Å². The Bertz CT molecular complexity index is 747. The van der Waals surface area contributed by atoms with Gasteiger partial charge in [0.1, 0.15) is 5.82 Å². The third kappa shape index (κ3) is 5.88. The molecule has 0 aliphatic heterocycles. The first kappa shape index (κ1) is 20.0. The van der Waals surface area contributed by atoms with Gasteiger partial charge in [-0.25, -0.2) is 4.39 Å². The Morgan fingerprint density at radius 1 is 1.04 bits per heavy atom. The summed E-state index contributed by atoms with van der Waals surface area (Å²) in [5.74, 6) is -1.63. The average Bonchev–Trinajstić information content (AvgIpc) is 2.61. The van der Waals surface area contributed by atoms with Gasteiger partial charge in [0.05, 0.1) is 12.5 Å². The molecule has 2 N–H and O–H groups in total. The van der Waals surface area contributed by atoms with Crippen LogP contribution in [0, 0.1) is 5.82 Å². The van der Waals surface area contributed by atoms with Crippen molar-refractivity contribution < 1.29 is 19.1 Å². The summed E-state index contributed by atoms with van der Waals surface area (Å²) in [5.41, 5.74) is 1.62. The van der Waals surface area contributed by atoms with Crippen LogP contribution in [-0.2, 0) is 9.59 Å². The van der Waals surface area contributed by atoms with Crippen molar-refractivity contribution >= 4 is 23.6 Å². The zero-order valence-corrected chi connectivity index (χ0v) is 15.6. The molecule has 0 heterocycles. The standard InChI is InChI=1S/C20H22FNO3S/c1-13(14-3-7-16(21)8-4-14)11-19(23)22-18(12-20(24)25)15-5-9-17(26-2)10-6-15/h3-10,13,18H,11-12H2,1-2H3,(H,22,23)(H,24,25). The molecule has 138 valence electrons. The first-order chi connectivity index (χ1) is 12.4. The van der Waals surface area contributed by atoms with Gasteiger partial charge in [-0.15, -0.1) is 11.8 Å². The van der Waals surface area contributed by atoms with Gasteiger partial charge >= 0.3 is 5.97 Å². The van der Waals surface area contributed by atoms with Crippen LogP contribution >= 0.6 is 11.8 Å². The number of rotatable bonds is 8. The van der Waals surface area contributed by atoms with Crippen LogP contribution in [0.5, 0.6) is 0 Å². The molecule has 2 atom stereocenters. The molecule has 2 unspecified atom stereocenters. The molecule has 0 aromatic heterocycles. The van der Waals surface area contributed by atoms with Crippen LogP contribution in [0.25, 0.3) is 0 Å². The summed E-state index contributed by atoms with van der Waals surface area (Å²) in [7, 11) is 0. The zero-order chi connectivity index (χ0) is 19.1. The molecular weight excluding hydrogens is 353 g/mol. The molecule has 2 aromatic carbocycles. The number of amides is 1. The Balaban J connectivity index is 2.05. The molecule has 0 fully saturated rings. The fourth-order valence-electron chi connectivity index (χ4n) is 2.70. The molecule has 0 radical (unpaired) electrons. The highest BCUT2D eigenvalue weighted by Gasteiger charge is 2.20. The van der Waals surface area contributed by atoms with Gasteiger partial charge < -0.3 is 10.4 Å². The van der Waals surface area contributed by atoms with Crippen LogP contribution < -0.4 is 5.32 Å². The second-order valence-corrected chi connectivity index (χ2v) is 7.03. The largest absolute Gasteiger partial charge is 0.481 e. The number of carboxylic acids is 1. The van der Waals surface area contributed by atoms with Crippen molar-refractivity contribution in [2.75, 3.05) is 6.26 Å². The molecule has 4 nitrogen and oxygen atoms in total. The quantitative estimate of drug-likeness (QED) is 0.672. The molecule has 0 aliphatic rings. The summed E-state index contributed by atoms with van der Waals surface area (Å²) >= 11 is 1.59. The first-order valence-electron chi connectivity index (χ1n) is 8.29. The van der Waals surface area contributed by atoms with Gasteiger partial charge in [-0.1, -0.05) is 31.2 Å². The second-order valence-electron chi connectivity index (χ2n) is 6.15. The molecular formula is C20H22FNO3S. The summed E-state index contributed by atoms with van der Waals surface area (Å²) in [5, 5.41) is 12.0. The van der Waals surface area contributed by atoms with Gasteiger partial charge in [-0.05, 0) is 47.6 Å². The van der Waals surface area contributed by atoms with Crippen molar-refractivity contribution in [2.24, 2.45) is 0 Å². The fraction of sp³-hybridized carbons (Fsp3) is 0.300. The van der Waals surface area contributed by atoms with Gasteiger partial charge in [0.15, 0.2) is 0 Å². The Hall–Kier alpha value is -2.34. The highest BCUT2D eigenvalue weighted by molar-refractivity contribution is 7.98. The minimum absolute atomic E-state index is 0.0973. The lowest BCUT2D eigenvalue weighted by molar-refractivity contribution is -0.137. The van der Waals surface area contributed by atoms with Crippen LogP contribution in [0.2, 0.25) is 0 Å². The molecule has 0 spiro atoms. The Morgan fingerprint density at radius 2 is 1.62 bits per heavy atom. The number of carboxylic acid groups (broad SMARTS) is 1.